The van der Waals surface area contributed by atoms with Crippen LogP contribution in [0.5, 0.6) is 5.75 Å². The van der Waals surface area contributed by atoms with Gasteiger partial charge in [0.15, 0.2) is 0 Å². The first-order chi connectivity index (χ1) is 19.6. The predicted octanol–water partition coefficient (Wildman–Crippen LogP) is 6.64. The van der Waals surface area contributed by atoms with Crippen molar-refractivity contribution < 1.29 is 28.2 Å². The molecule has 1 aliphatic carbocycles. The smallest absolute Gasteiger partial charge is 0.290 e. The molecule has 11 heteroatoms. The van der Waals surface area contributed by atoms with Crippen LogP contribution in [-0.4, -0.2) is 66.2 Å². The van der Waals surface area contributed by atoms with Gasteiger partial charge in [-0.3, -0.25) is 14.5 Å². The molecule has 3 aliphatic rings. The van der Waals surface area contributed by atoms with Crippen molar-refractivity contribution >= 4 is 35.6 Å². The summed E-state index contributed by atoms with van der Waals surface area (Å²) >= 11 is 12.4. The summed E-state index contributed by atoms with van der Waals surface area (Å²) < 4.78 is 34.9. The lowest BCUT2D eigenvalue weighted by atomic mass is 9.80. The van der Waals surface area contributed by atoms with Crippen LogP contribution >= 0.6 is 23.2 Å². The van der Waals surface area contributed by atoms with Gasteiger partial charge in [-0.25, -0.2) is 8.78 Å². The zero-order valence-electron chi connectivity index (χ0n) is 22.8. The number of nitriles is 1. The fourth-order valence-electron chi connectivity index (χ4n) is 5.52. The molecule has 2 aliphatic heterocycles. The molecule has 0 bridgehead atoms. The fraction of sp³-hybridized carbons (Fsp3) is 0.500. The van der Waals surface area contributed by atoms with Crippen LogP contribution < -0.4 is 4.74 Å². The van der Waals surface area contributed by atoms with Gasteiger partial charge in [-0.1, -0.05) is 23.2 Å². The number of hydrogen-bond acceptors (Lipinski definition) is 5. The second-order valence-corrected chi connectivity index (χ2v) is 11.9. The summed E-state index contributed by atoms with van der Waals surface area (Å²) in [5.41, 5.74) is 1.09. The Balaban J connectivity index is 0.00000124. The summed E-state index contributed by atoms with van der Waals surface area (Å²) in [5, 5.41) is 18.2. The molecule has 7 nitrogen and oxygen atoms in total. The average Bonchev–Trinajstić information content (AvgIpc) is 3.70. The lowest BCUT2D eigenvalue weighted by molar-refractivity contribution is -0.122. The highest BCUT2D eigenvalue weighted by molar-refractivity contribution is 6.34. The van der Waals surface area contributed by atoms with Gasteiger partial charge in [0.25, 0.3) is 12.4 Å². The average molecular weight is 609 g/mol. The summed E-state index contributed by atoms with van der Waals surface area (Å²) in [4.78, 5) is 24.9. The molecular formula is C30H33Cl2F2N3O4. The molecule has 2 atom stereocenters. The van der Waals surface area contributed by atoms with Crippen molar-refractivity contribution in [3.8, 4) is 11.8 Å². The number of rotatable bonds is 7. The van der Waals surface area contributed by atoms with Crippen molar-refractivity contribution in [1.82, 2.24) is 9.80 Å². The fourth-order valence-corrected chi connectivity index (χ4v) is 6.06. The number of carboxylic acid groups (broad SMARTS) is 1. The van der Waals surface area contributed by atoms with Crippen LogP contribution in [0.4, 0.5) is 8.78 Å². The summed E-state index contributed by atoms with van der Waals surface area (Å²) in [6.45, 7) is 3.69. The van der Waals surface area contributed by atoms with Gasteiger partial charge in [0, 0.05) is 41.8 Å². The van der Waals surface area contributed by atoms with Gasteiger partial charge in [0.2, 0.25) is 0 Å². The van der Waals surface area contributed by atoms with E-state index in [2.05, 4.69) is 17.9 Å². The van der Waals surface area contributed by atoms with E-state index in [0.29, 0.717) is 48.3 Å². The van der Waals surface area contributed by atoms with Crippen LogP contribution in [0.25, 0.3) is 0 Å². The highest BCUT2D eigenvalue weighted by Gasteiger charge is 2.38. The maximum absolute atomic E-state index is 15.1. The normalized spacial score (nSPS) is 20.9. The molecule has 5 rings (SSSR count). The van der Waals surface area contributed by atoms with E-state index in [0.717, 1.165) is 24.0 Å². The third kappa shape index (κ3) is 7.48. The van der Waals surface area contributed by atoms with Crippen molar-refractivity contribution in [2.75, 3.05) is 32.8 Å². The zero-order valence-corrected chi connectivity index (χ0v) is 24.3. The van der Waals surface area contributed by atoms with E-state index < -0.39 is 23.3 Å². The van der Waals surface area contributed by atoms with Gasteiger partial charge in [0.05, 0.1) is 23.6 Å². The minimum Gasteiger partial charge on any atom is -0.492 e. The van der Waals surface area contributed by atoms with Crippen LogP contribution in [0.2, 0.25) is 10.0 Å². The Morgan fingerprint density at radius 2 is 1.80 bits per heavy atom. The van der Waals surface area contributed by atoms with Crippen LogP contribution in [0.3, 0.4) is 0 Å². The molecule has 1 N–H and O–H groups in total. The predicted molar refractivity (Wildman–Crippen MR) is 152 cm³/mol. The van der Waals surface area contributed by atoms with E-state index in [1.165, 1.54) is 11.0 Å². The second-order valence-electron chi connectivity index (χ2n) is 11.0. The van der Waals surface area contributed by atoms with Gasteiger partial charge in [0.1, 0.15) is 24.3 Å². The van der Waals surface area contributed by atoms with Gasteiger partial charge < -0.3 is 14.7 Å². The van der Waals surface area contributed by atoms with Crippen molar-refractivity contribution in [1.29, 1.82) is 5.26 Å². The first-order valence-electron chi connectivity index (χ1n) is 13.7. The van der Waals surface area contributed by atoms with Crippen molar-refractivity contribution in [3.05, 3.63) is 62.9 Å². The zero-order chi connectivity index (χ0) is 29.7. The van der Waals surface area contributed by atoms with Crippen molar-refractivity contribution in [2.45, 2.75) is 57.2 Å². The maximum Gasteiger partial charge on any atom is 0.290 e. The van der Waals surface area contributed by atoms with Crippen LogP contribution in [0, 0.1) is 22.6 Å². The molecule has 3 fully saturated rings. The Morgan fingerprint density at radius 1 is 1.17 bits per heavy atom. The third-order valence-electron chi connectivity index (χ3n) is 8.18. The largest absolute Gasteiger partial charge is 0.492 e. The first-order valence-corrected chi connectivity index (χ1v) is 14.4. The molecule has 1 amide bonds. The summed E-state index contributed by atoms with van der Waals surface area (Å²) in [6.07, 6.45) is 2.32. The number of halogens is 4. The highest BCUT2D eigenvalue weighted by atomic mass is 35.5. The quantitative estimate of drug-likeness (QED) is 0.355. The highest BCUT2D eigenvalue weighted by Crippen LogP contribution is 2.46. The lowest BCUT2D eigenvalue weighted by Crippen LogP contribution is -2.43. The number of nitrogens with zero attached hydrogens (tertiary/aromatic N) is 3. The Hall–Kier alpha value is -2.93. The Bertz CT molecular complexity index is 1290. The second kappa shape index (κ2) is 13.4. The Morgan fingerprint density at radius 3 is 2.34 bits per heavy atom. The van der Waals surface area contributed by atoms with E-state index in [-0.39, 0.29) is 43.6 Å². The molecule has 2 aromatic rings. The number of alkyl halides is 1. The molecule has 2 aromatic carbocycles. The molecular weight excluding hydrogens is 575 g/mol. The molecule has 0 spiro atoms. The van der Waals surface area contributed by atoms with Crippen LogP contribution in [0.1, 0.15) is 72.5 Å². The van der Waals surface area contributed by atoms with Gasteiger partial charge in [-0.2, -0.15) is 5.26 Å². The van der Waals surface area contributed by atoms with Crippen LogP contribution in [-0.2, 0) is 4.79 Å². The first kappa shape index (κ1) is 31.0. The lowest BCUT2D eigenvalue weighted by Gasteiger charge is -2.40. The van der Waals surface area contributed by atoms with E-state index in [1.54, 1.807) is 12.1 Å². The molecule has 1 saturated carbocycles. The van der Waals surface area contributed by atoms with Gasteiger partial charge in [-0.15, -0.1) is 0 Å². The van der Waals surface area contributed by atoms with Gasteiger partial charge >= 0.3 is 0 Å². The molecule has 2 unspecified atom stereocenters. The molecule has 220 valence electrons. The molecule has 41 heavy (non-hydrogen) atoms. The maximum atomic E-state index is 15.1. The topological polar surface area (TPSA) is 93.9 Å². The van der Waals surface area contributed by atoms with Crippen molar-refractivity contribution in [2.24, 2.45) is 5.41 Å². The summed E-state index contributed by atoms with van der Waals surface area (Å²) in [6, 6.07) is 10.9. The Kier molecular flexibility index (Phi) is 10.1. The number of piperidine rings is 1. The molecule has 0 aromatic heterocycles. The SMILES string of the molecule is CC(c1cc(Cl)cc(Cl)c1)N1CCC(C#N)(COc2cc(F)c(C(=O)N3CCC(F)C3)cc2C2CC2)CC1.O=CO. The van der Waals surface area contributed by atoms with Crippen molar-refractivity contribution in [3.63, 3.8) is 0 Å². The summed E-state index contributed by atoms with van der Waals surface area (Å²) in [5.74, 6) is -0.557. The number of carbonyl (C=O) groups is 2. The minimum atomic E-state index is -1.06. The van der Waals surface area contributed by atoms with E-state index in [9.17, 15) is 14.4 Å². The molecule has 2 saturated heterocycles. The number of likely N-dealkylation sites (tertiary alicyclic amines) is 2. The van der Waals surface area contributed by atoms with Gasteiger partial charge in [-0.05, 0) is 80.3 Å². The number of ether oxygens (including phenoxy) is 1. The third-order valence-corrected chi connectivity index (χ3v) is 8.61. The van der Waals surface area contributed by atoms with E-state index in [4.69, 9.17) is 37.8 Å². The Labute approximate surface area is 248 Å². The number of amides is 1. The standard InChI is InChI=1S/C29H31Cl2F2N3O2.CH2O2/c1-18(20-10-21(30)12-22(31)11-20)35-8-5-29(16-34,6-9-35)17-38-27-14-26(33)25(13-24(27)19-2-3-19)28(37)36-7-4-23(32)15-36;2-1-3/h10-14,18-19,23H,2-9,15,17H2,1H3;1H,(H,2,3). The monoisotopic (exact) mass is 607 g/mol. The summed E-state index contributed by atoms with van der Waals surface area (Å²) in [7, 11) is 0. The molecule has 0 radical (unpaired) electrons. The van der Waals surface area contributed by atoms with E-state index >= 15 is 4.39 Å². The van der Waals surface area contributed by atoms with E-state index in [1.807, 2.05) is 12.1 Å². The number of benzene rings is 2. The minimum absolute atomic E-state index is 0.0000380. The number of carbonyl (C=O) groups excluding carboxylic acids is 1. The number of hydrogen-bond donors (Lipinski definition) is 1. The molecule has 2 heterocycles. The van der Waals surface area contributed by atoms with Crippen LogP contribution in [0.15, 0.2) is 30.3 Å².